The Hall–Kier alpha value is -5.55. The normalized spacial score (nSPS) is 9.98. The molecule has 11 heteroatoms. The van der Waals surface area contributed by atoms with Crippen molar-refractivity contribution in [3.63, 3.8) is 0 Å². The molecule has 6 nitrogen and oxygen atoms in total. The first-order valence-corrected chi connectivity index (χ1v) is 11.5. The smallest absolute Gasteiger partial charge is 0.346 e. The Balaban J connectivity index is 0.000000226. The van der Waals surface area contributed by atoms with Crippen molar-refractivity contribution in [1.82, 2.24) is 0 Å². The fraction of sp³-hybridized carbons (Fsp3) is 0.0667. The van der Waals surface area contributed by atoms with Crippen LogP contribution < -0.4 is 9.47 Å². The number of carbonyl (C=O) groups excluding carboxylic acids is 2. The zero-order valence-corrected chi connectivity index (χ0v) is 21.3. The number of aryl methyl sites for hydroxylation is 2. The summed E-state index contributed by atoms with van der Waals surface area (Å²) >= 11 is 0. The van der Waals surface area contributed by atoms with Gasteiger partial charge in [0, 0.05) is 24.3 Å². The van der Waals surface area contributed by atoms with E-state index in [-0.39, 0.29) is 16.9 Å². The van der Waals surface area contributed by atoms with Gasteiger partial charge in [-0.25, -0.2) is 31.5 Å². The third kappa shape index (κ3) is 7.52. The fourth-order valence-corrected chi connectivity index (χ4v) is 3.23. The van der Waals surface area contributed by atoms with Gasteiger partial charge in [-0.3, -0.25) is 0 Å². The maximum atomic E-state index is 13.6. The highest BCUT2D eigenvalue weighted by atomic mass is 19.1. The first kappa shape index (κ1) is 30.0. The third-order valence-electron chi connectivity index (χ3n) is 5.31. The summed E-state index contributed by atoms with van der Waals surface area (Å²) in [5.74, 6) is -7.81. The molecule has 0 bridgehead atoms. The van der Waals surface area contributed by atoms with Crippen LogP contribution in [-0.2, 0) is 0 Å². The number of hydrogen-bond donors (Lipinski definition) is 0. The van der Waals surface area contributed by atoms with E-state index in [1.165, 1.54) is 24.3 Å². The van der Waals surface area contributed by atoms with Gasteiger partial charge in [-0.15, -0.1) is 0 Å². The van der Waals surface area contributed by atoms with E-state index in [9.17, 15) is 31.5 Å². The molecule has 0 radical (unpaired) electrons. The molecule has 0 fully saturated rings. The van der Waals surface area contributed by atoms with E-state index in [0.29, 0.717) is 17.7 Å². The van der Waals surface area contributed by atoms with Crippen LogP contribution in [0, 0.1) is 65.6 Å². The van der Waals surface area contributed by atoms with Crippen molar-refractivity contribution in [1.29, 1.82) is 10.5 Å². The summed E-state index contributed by atoms with van der Waals surface area (Å²) in [7, 11) is 0. The quantitative estimate of drug-likeness (QED) is 0.152. The van der Waals surface area contributed by atoms with Crippen molar-refractivity contribution in [3.05, 3.63) is 129 Å². The molecule has 0 saturated heterocycles. The van der Waals surface area contributed by atoms with Crippen molar-refractivity contribution in [3.8, 4) is 23.6 Å². The molecular formula is C30H17F5N2O4. The number of nitriles is 2. The number of esters is 2. The van der Waals surface area contributed by atoms with Gasteiger partial charge in [0.05, 0.1) is 11.1 Å². The van der Waals surface area contributed by atoms with E-state index in [2.05, 4.69) is 0 Å². The van der Waals surface area contributed by atoms with Gasteiger partial charge in [-0.05, 0) is 43.7 Å². The van der Waals surface area contributed by atoms with E-state index in [4.69, 9.17) is 20.0 Å². The van der Waals surface area contributed by atoms with Crippen LogP contribution in [-0.4, -0.2) is 11.9 Å². The van der Waals surface area contributed by atoms with E-state index >= 15 is 0 Å². The van der Waals surface area contributed by atoms with Crippen LogP contribution in [0.3, 0.4) is 0 Å². The Bertz CT molecular complexity index is 1680. The summed E-state index contributed by atoms with van der Waals surface area (Å²) in [5, 5.41) is 17.1. The largest absolute Gasteiger partial charge is 0.423 e. The van der Waals surface area contributed by atoms with Crippen LogP contribution in [0.15, 0.2) is 66.7 Å². The van der Waals surface area contributed by atoms with Crippen LogP contribution in [0.25, 0.3) is 0 Å². The minimum Gasteiger partial charge on any atom is -0.423 e. The maximum Gasteiger partial charge on any atom is 0.346 e. The molecule has 206 valence electrons. The lowest BCUT2D eigenvalue weighted by Gasteiger charge is -2.07. The topological polar surface area (TPSA) is 100 Å². The molecule has 0 aliphatic heterocycles. The van der Waals surface area contributed by atoms with Crippen LogP contribution in [0.5, 0.6) is 11.5 Å². The van der Waals surface area contributed by atoms with Crippen molar-refractivity contribution in [2.75, 3.05) is 0 Å². The lowest BCUT2D eigenvalue weighted by atomic mass is 10.1. The highest BCUT2D eigenvalue weighted by Gasteiger charge is 2.18. The van der Waals surface area contributed by atoms with Crippen LogP contribution in [0.4, 0.5) is 22.0 Å². The molecule has 0 aromatic heterocycles. The summed E-state index contributed by atoms with van der Waals surface area (Å²) in [4.78, 5) is 23.5. The van der Waals surface area contributed by atoms with Gasteiger partial charge in [-0.1, -0.05) is 23.8 Å². The summed E-state index contributed by atoms with van der Waals surface area (Å²) in [5.41, 5.74) is -0.000439. The summed E-state index contributed by atoms with van der Waals surface area (Å²) in [6, 6.07) is 16.1. The van der Waals surface area contributed by atoms with Crippen LogP contribution in [0.1, 0.15) is 43.0 Å². The van der Waals surface area contributed by atoms with Gasteiger partial charge >= 0.3 is 11.9 Å². The highest BCUT2D eigenvalue weighted by molar-refractivity contribution is 5.91. The van der Waals surface area contributed by atoms with Crippen molar-refractivity contribution in [2.45, 2.75) is 13.8 Å². The Morgan fingerprint density at radius 1 is 0.585 bits per heavy atom. The first-order chi connectivity index (χ1) is 19.4. The van der Waals surface area contributed by atoms with E-state index in [1.807, 2.05) is 6.92 Å². The number of hydrogen-bond acceptors (Lipinski definition) is 6. The standard InChI is InChI=1S/C15H8F3NO2.C15H9F2NO2/c1-8-2-3-10(12(16)4-8)15(20)21-9-5-13(17)11(7-19)14(18)6-9;1-9-2-4-10(5-3-9)15(19)20-11-6-13(16)12(8-18)14(17)7-11/h2-6H,1H3;2-7H,1H3. The monoisotopic (exact) mass is 564 g/mol. The van der Waals surface area contributed by atoms with Crippen molar-refractivity contribution in [2.24, 2.45) is 0 Å². The lowest BCUT2D eigenvalue weighted by molar-refractivity contribution is 0.0721. The van der Waals surface area contributed by atoms with Crippen molar-refractivity contribution >= 4 is 11.9 Å². The maximum absolute atomic E-state index is 13.6. The van der Waals surface area contributed by atoms with Crippen LogP contribution in [0.2, 0.25) is 0 Å². The Labute approximate surface area is 230 Å². The summed E-state index contributed by atoms with van der Waals surface area (Å²) < 4.78 is 76.6. The van der Waals surface area contributed by atoms with E-state index in [0.717, 1.165) is 23.8 Å². The molecule has 0 atom stereocenters. The second kappa shape index (κ2) is 13.0. The zero-order chi connectivity index (χ0) is 30.3. The molecule has 41 heavy (non-hydrogen) atoms. The fourth-order valence-electron chi connectivity index (χ4n) is 3.23. The molecule has 0 aliphatic carbocycles. The summed E-state index contributed by atoms with van der Waals surface area (Å²) in [6.07, 6.45) is 0. The molecule has 0 unspecified atom stereocenters. The molecular weight excluding hydrogens is 547 g/mol. The summed E-state index contributed by atoms with van der Waals surface area (Å²) in [6.45, 7) is 3.50. The first-order valence-electron chi connectivity index (χ1n) is 11.5. The molecule has 0 aliphatic rings. The molecule has 0 saturated carbocycles. The molecule has 0 amide bonds. The Morgan fingerprint density at radius 2 is 1.00 bits per heavy atom. The average molecular weight is 564 g/mol. The SMILES string of the molecule is Cc1ccc(C(=O)Oc2cc(F)c(C#N)c(F)c2)c(F)c1.Cc1ccc(C(=O)Oc2cc(F)c(C#N)c(F)c2)cc1. The second-order valence-corrected chi connectivity index (χ2v) is 8.38. The molecule has 0 spiro atoms. The predicted octanol–water partition coefficient (Wildman–Crippen LogP) is 6.87. The second-order valence-electron chi connectivity index (χ2n) is 8.38. The van der Waals surface area contributed by atoms with Gasteiger partial charge in [0.2, 0.25) is 0 Å². The Morgan fingerprint density at radius 3 is 1.41 bits per heavy atom. The molecule has 4 rings (SSSR count). The minimum absolute atomic E-state index is 0.265. The highest BCUT2D eigenvalue weighted by Crippen LogP contribution is 2.23. The number of nitrogens with zero attached hydrogens (tertiary/aromatic N) is 2. The number of halogens is 5. The molecule has 0 N–H and O–H groups in total. The van der Waals surface area contributed by atoms with E-state index < -0.39 is 57.9 Å². The minimum atomic E-state index is -1.16. The van der Waals surface area contributed by atoms with Crippen molar-refractivity contribution < 1.29 is 41.0 Å². The van der Waals surface area contributed by atoms with Gasteiger partial charge in [0.15, 0.2) is 0 Å². The molecule has 4 aromatic carbocycles. The van der Waals surface area contributed by atoms with Gasteiger partial charge in [-0.2, -0.15) is 10.5 Å². The lowest BCUT2D eigenvalue weighted by Crippen LogP contribution is -2.11. The molecule has 0 heterocycles. The van der Waals surface area contributed by atoms with E-state index in [1.54, 1.807) is 31.2 Å². The van der Waals surface area contributed by atoms with Gasteiger partial charge in [0.1, 0.15) is 63.9 Å². The number of rotatable bonds is 4. The third-order valence-corrected chi connectivity index (χ3v) is 5.31. The predicted molar refractivity (Wildman–Crippen MR) is 134 cm³/mol. The molecule has 4 aromatic rings. The van der Waals surface area contributed by atoms with Crippen LogP contribution >= 0.6 is 0 Å². The average Bonchev–Trinajstić information content (AvgIpc) is 2.89. The number of carbonyl (C=O) groups is 2. The van der Waals surface area contributed by atoms with Gasteiger partial charge in [0.25, 0.3) is 0 Å². The number of benzene rings is 4. The Kier molecular flexibility index (Phi) is 9.51. The van der Waals surface area contributed by atoms with Gasteiger partial charge < -0.3 is 9.47 Å². The zero-order valence-electron chi connectivity index (χ0n) is 21.3. The number of ether oxygens (including phenoxy) is 2.